The summed E-state index contributed by atoms with van der Waals surface area (Å²) in [5.41, 5.74) is 4.73. The minimum atomic E-state index is 0.155. The van der Waals surface area contributed by atoms with E-state index in [0.717, 1.165) is 83.4 Å². The van der Waals surface area contributed by atoms with Crippen molar-refractivity contribution in [2.75, 3.05) is 0 Å². The minimum Gasteiger partial charge on any atom is -0.507 e. The molecule has 0 amide bonds. The van der Waals surface area contributed by atoms with Crippen molar-refractivity contribution in [3.8, 4) is 44.9 Å². The van der Waals surface area contributed by atoms with Gasteiger partial charge in [0.25, 0.3) is 0 Å². The van der Waals surface area contributed by atoms with E-state index in [1.807, 2.05) is 30.3 Å². The number of phenolic OH excluding ortho intramolecular Hbond substituents is 2. The Labute approximate surface area is 289 Å². The van der Waals surface area contributed by atoms with Crippen LogP contribution >= 0.6 is 0 Å². The number of hydrogen-bond donors (Lipinski definition) is 2. The van der Waals surface area contributed by atoms with Crippen molar-refractivity contribution in [3.05, 3.63) is 156 Å². The molecule has 1 aliphatic carbocycles. The predicted octanol–water partition coefficient (Wildman–Crippen LogP) is 11.2. The second-order valence-electron chi connectivity index (χ2n) is 13.4. The summed E-state index contributed by atoms with van der Waals surface area (Å²) in [6, 6.07) is 50.3. The Kier molecular flexibility index (Phi) is 6.34. The quantitative estimate of drug-likeness (QED) is 0.189. The molecule has 2 nitrogen and oxygen atoms in total. The highest BCUT2D eigenvalue weighted by atomic mass is 16.3. The van der Waals surface area contributed by atoms with Crippen LogP contribution in [-0.4, -0.2) is 10.2 Å². The summed E-state index contributed by atoms with van der Waals surface area (Å²) in [5.74, 6) is 0.323. The molecule has 0 spiro atoms. The SMILES string of the molecule is Oc1c(-c2cc3ccccc3c3c2=CCCC=3)cc2ccccc2c1-c1c(O)c(-c2cc3ccccc3c3ccccc23)cc2ccccc12. The van der Waals surface area contributed by atoms with Gasteiger partial charge in [-0.2, -0.15) is 0 Å². The second kappa shape index (κ2) is 11.1. The van der Waals surface area contributed by atoms with Crippen molar-refractivity contribution in [2.24, 2.45) is 0 Å². The fraction of sp³-hybridized carbons (Fsp3) is 0.0417. The first-order chi connectivity index (χ1) is 24.7. The molecule has 0 unspecified atom stereocenters. The van der Waals surface area contributed by atoms with Gasteiger partial charge in [0.15, 0.2) is 0 Å². The van der Waals surface area contributed by atoms with Gasteiger partial charge < -0.3 is 10.2 Å². The first kappa shape index (κ1) is 28.6. The molecule has 2 heteroatoms. The van der Waals surface area contributed by atoms with Crippen molar-refractivity contribution in [3.63, 3.8) is 0 Å². The zero-order chi connectivity index (χ0) is 33.3. The molecule has 0 atom stereocenters. The van der Waals surface area contributed by atoms with E-state index in [4.69, 9.17) is 0 Å². The van der Waals surface area contributed by atoms with E-state index in [-0.39, 0.29) is 11.5 Å². The molecule has 1 aliphatic rings. The molecular weight excluding hydrogens is 609 g/mol. The highest BCUT2D eigenvalue weighted by Crippen LogP contribution is 2.52. The van der Waals surface area contributed by atoms with Crippen molar-refractivity contribution in [1.82, 2.24) is 0 Å². The third kappa shape index (κ3) is 4.22. The maximum absolute atomic E-state index is 12.7. The van der Waals surface area contributed by atoms with Crippen LogP contribution in [-0.2, 0) is 0 Å². The van der Waals surface area contributed by atoms with Gasteiger partial charge in [0.1, 0.15) is 11.5 Å². The Balaban J connectivity index is 1.35. The molecular formula is C48H32O2. The van der Waals surface area contributed by atoms with E-state index in [0.29, 0.717) is 11.1 Å². The molecule has 0 aliphatic heterocycles. The van der Waals surface area contributed by atoms with Crippen LogP contribution in [0, 0.1) is 0 Å². The average molecular weight is 641 g/mol. The predicted molar refractivity (Wildman–Crippen MR) is 211 cm³/mol. The third-order valence-corrected chi connectivity index (χ3v) is 10.6. The van der Waals surface area contributed by atoms with E-state index in [1.165, 1.54) is 16.0 Å². The Morgan fingerprint density at radius 3 is 1.30 bits per heavy atom. The molecule has 0 bridgehead atoms. The highest BCUT2D eigenvalue weighted by molar-refractivity contribution is 6.18. The molecule has 9 aromatic rings. The molecule has 9 aromatic carbocycles. The first-order valence-corrected chi connectivity index (χ1v) is 17.3. The Morgan fingerprint density at radius 2 is 0.700 bits per heavy atom. The highest BCUT2D eigenvalue weighted by Gasteiger charge is 2.25. The van der Waals surface area contributed by atoms with E-state index in [2.05, 4.69) is 127 Å². The van der Waals surface area contributed by atoms with Crippen LogP contribution in [0.25, 0.3) is 99.4 Å². The second-order valence-corrected chi connectivity index (χ2v) is 13.4. The van der Waals surface area contributed by atoms with E-state index in [9.17, 15) is 10.2 Å². The number of phenols is 2. The van der Waals surface area contributed by atoms with Crippen LogP contribution in [0.1, 0.15) is 12.8 Å². The summed E-state index contributed by atoms with van der Waals surface area (Å²) in [7, 11) is 0. The zero-order valence-corrected chi connectivity index (χ0v) is 27.3. The maximum atomic E-state index is 12.7. The molecule has 0 saturated heterocycles. The summed E-state index contributed by atoms with van der Waals surface area (Å²) in [4.78, 5) is 0. The van der Waals surface area contributed by atoms with Gasteiger partial charge in [0.2, 0.25) is 0 Å². The fourth-order valence-corrected chi connectivity index (χ4v) is 8.38. The molecule has 50 heavy (non-hydrogen) atoms. The molecule has 236 valence electrons. The average Bonchev–Trinajstić information content (AvgIpc) is 3.17. The first-order valence-electron chi connectivity index (χ1n) is 17.3. The molecule has 0 radical (unpaired) electrons. The van der Waals surface area contributed by atoms with E-state index in [1.54, 1.807) is 0 Å². The topological polar surface area (TPSA) is 40.5 Å². The van der Waals surface area contributed by atoms with Gasteiger partial charge in [0.05, 0.1) is 0 Å². The van der Waals surface area contributed by atoms with E-state index >= 15 is 0 Å². The van der Waals surface area contributed by atoms with Crippen LogP contribution in [0.4, 0.5) is 0 Å². The molecule has 0 aromatic heterocycles. The Morgan fingerprint density at radius 1 is 0.320 bits per heavy atom. The monoisotopic (exact) mass is 640 g/mol. The van der Waals surface area contributed by atoms with E-state index < -0.39 is 0 Å². The van der Waals surface area contributed by atoms with Crippen LogP contribution in [0.5, 0.6) is 11.5 Å². The van der Waals surface area contributed by atoms with Gasteiger partial charge in [-0.05, 0) is 113 Å². The lowest BCUT2D eigenvalue weighted by Gasteiger charge is -2.21. The zero-order valence-electron chi connectivity index (χ0n) is 27.3. The van der Waals surface area contributed by atoms with Crippen LogP contribution in [0.3, 0.4) is 0 Å². The minimum absolute atomic E-state index is 0.155. The lowest BCUT2D eigenvalue weighted by molar-refractivity contribution is 0.472. The summed E-state index contributed by atoms with van der Waals surface area (Å²) >= 11 is 0. The van der Waals surface area contributed by atoms with Gasteiger partial charge in [-0.1, -0.05) is 133 Å². The molecule has 0 fully saturated rings. The smallest absolute Gasteiger partial charge is 0.132 e. The molecule has 10 rings (SSSR count). The number of fused-ring (bicyclic) bond motifs is 8. The largest absolute Gasteiger partial charge is 0.507 e. The summed E-state index contributed by atoms with van der Waals surface area (Å²) < 4.78 is 0. The lowest BCUT2D eigenvalue weighted by Crippen LogP contribution is -2.29. The normalized spacial score (nSPS) is 12.7. The number of benzene rings is 9. The number of rotatable bonds is 3. The Hall–Kier alpha value is -6.38. The van der Waals surface area contributed by atoms with Crippen LogP contribution < -0.4 is 10.4 Å². The summed E-state index contributed by atoms with van der Waals surface area (Å²) in [6.45, 7) is 0. The molecule has 0 saturated carbocycles. The fourth-order valence-electron chi connectivity index (χ4n) is 8.38. The lowest BCUT2D eigenvalue weighted by atomic mass is 9.84. The van der Waals surface area contributed by atoms with Crippen LogP contribution in [0.15, 0.2) is 146 Å². The van der Waals surface area contributed by atoms with Crippen LogP contribution in [0.2, 0.25) is 0 Å². The maximum Gasteiger partial charge on any atom is 0.132 e. The van der Waals surface area contributed by atoms with Gasteiger partial charge in [-0.3, -0.25) is 0 Å². The summed E-state index contributed by atoms with van der Waals surface area (Å²) in [6.07, 6.45) is 6.58. The van der Waals surface area contributed by atoms with Gasteiger partial charge >= 0.3 is 0 Å². The summed E-state index contributed by atoms with van der Waals surface area (Å²) in [5, 5.41) is 38.4. The molecule has 0 heterocycles. The van der Waals surface area contributed by atoms with Crippen molar-refractivity contribution >= 4 is 66.0 Å². The van der Waals surface area contributed by atoms with Gasteiger partial charge in [-0.25, -0.2) is 0 Å². The number of aromatic hydroxyl groups is 2. The van der Waals surface area contributed by atoms with Crippen molar-refractivity contribution in [2.45, 2.75) is 12.8 Å². The number of hydrogen-bond acceptors (Lipinski definition) is 2. The third-order valence-electron chi connectivity index (χ3n) is 10.6. The van der Waals surface area contributed by atoms with Crippen molar-refractivity contribution < 1.29 is 10.2 Å². The van der Waals surface area contributed by atoms with Gasteiger partial charge in [-0.15, -0.1) is 0 Å². The Bertz CT molecular complexity index is 3010. The van der Waals surface area contributed by atoms with Gasteiger partial charge in [0, 0.05) is 22.3 Å². The van der Waals surface area contributed by atoms with Crippen molar-refractivity contribution in [1.29, 1.82) is 0 Å². The standard InChI is InChI=1S/C48H32O2/c49-47-43(41-25-29-13-1-5-17-33(29)37-21-9-11-23-39(37)41)27-31-15-3-7-19-35(31)45(47)46-36-20-8-4-16-32(36)28-44(48(46)50)42-26-30-14-2-6-18-34(30)38-22-10-12-24-40(38)42/h1-9,11,13-28,49-50H,10,12H2. The molecule has 2 N–H and O–H groups in total.